The van der Waals surface area contributed by atoms with Crippen LogP contribution in [0.4, 0.5) is 0 Å². The van der Waals surface area contributed by atoms with Gasteiger partial charge in [-0.1, -0.05) is 6.42 Å². The lowest BCUT2D eigenvalue weighted by atomic mass is 10.0. The van der Waals surface area contributed by atoms with Gasteiger partial charge in [0, 0.05) is 24.2 Å². The average Bonchev–Trinajstić information content (AvgIpc) is 2.82. The number of hydrogen-bond acceptors (Lipinski definition) is 3. The number of rotatable bonds is 4. The molecule has 1 amide bonds. The molecule has 0 bridgehead atoms. The van der Waals surface area contributed by atoms with Crippen LogP contribution in [0.15, 0.2) is 16.7 Å². The highest BCUT2D eigenvalue weighted by Crippen LogP contribution is 2.16. The molecule has 1 aromatic heterocycles. The first-order valence-corrected chi connectivity index (χ1v) is 7.18. The zero-order valence-electron chi connectivity index (χ0n) is 12.1. The van der Waals surface area contributed by atoms with Crippen LogP contribution in [-0.4, -0.2) is 36.0 Å². The van der Waals surface area contributed by atoms with Crippen molar-refractivity contribution >= 4 is 5.91 Å². The van der Waals surface area contributed by atoms with Crippen molar-refractivity contribution in [2.75, 3.05) is 13.1 Å². The Labute approximate surface area is 115 Å². The van der Waals surface area contributed by atoms with Gasteiger partial charge < -0.3 is 14.6 Å². The highest BCUT2D eigenvalue weighted by molar-refractivity contribution is 5.93. The van der Waals surface area contributed by atoms with Crippen molar-refractivity contribution in [3.63, 3.8) is 0 Å². The second kappa shape index (κ2) is 6.24. The van der Waals surface area contributed by atoms with Crippen LogP contribution in [-0.2, 0) is 0 Å². The van der Waals surface area contributed by atoms with E-state index in [9.17, 15) is 4.79 Å². The lowest BCUT2D eigenvalue weighted by Gasteiger charge is -2.32. The summed E-state index contributed by atoms with van der Waals surface area (Å²) < 4.78 is 5.33. The van der Waals surface area contributed by atoms with Crippen LogP contribution in [0.25, 0.3) is 0 Å². The van der Waals surface area contributed by atoms with Crippen molar-refractivity contribution in [3.05, 3.63) is 23.7 Å². The molecular formula is C15H24N2O2. The molecule has 1 aliphatic rings. The number of piperidine rings is 1. The smallest absolute Gasteiger partial charge is 0.290 e. The second-order valence-corrected chi connectivity index (χ2v) is 5.63. The average molecular weight is 264 g/mol. The largest absolute Gasteiger partial charge is 0.459 e. The summed E-state index contributed by atoms with van der Waals surface area (Å²) in [7, 11) is 0. The minimum atomic E-state index is 0.00451. The highest BCUT2D eigenvalue weighted by Gasteiger charge is 2.26. The Kier molecular flexibility index (Phi) is 4.64. The van der Waals surface area contributed by atoms with E-state index in [2.05, 4.69) is 19.2 Å². The maximum absolute atomic E-state index is 12.5. The molecule has 0 radical (unpaired) electrons. The van der Waals surface area contributed by atoms with Crippen LogP contribution in [0.5, 0.6) is 0 Å². The fraction of sp³-hybridized carbons (Fsp3) is 0.667. The van der Waals surface area contributed by atoms with Gasteiger partial charge >= 0.3 is 0 Å². The molecule has 4 heteroatoms. The van der Waals surface area contributed by atoms with Crippen LogP contribution < -0.4 is 5.32 Å². The van der Waals surface area contributed by atoms with E-state index in [4.69, 9.17) is 4.42 Å². The number of carbonyl (C=O) groups excluding carboxylic acids is 1. The summed E-state index contributed by atoms with van der Waals surface area (Å²) in [6.07, 6.45) is 5.22. The number of amides is 1. The van der Waals surface area contributed by atoms with Crippen molar-refractivity contribution in [2.24, 2.45) is 0 Å². The van der Waals surface area contributed by atoms with Gasteiger partial charge in [0.25, 0.3) is 5.91 Å². The highest BCUT2D eigenvalue weighted by atomic mass is 16.3. The molecular weight excluding hydrogens is 240 g/mol. The number of hydrogen-bond donors (Lipinski definition) is 1. The molecule has 1 N–H and O–H groups in total. The number of nitrogens with one attached hydrogen (secondary N) is 1. The molecule has 1 aliphatic heterocycles. The normalized spacial score (nSPS) is 19.7. The van der Waals surface area contributed by atoms with Gasteiger partial charge in [0.15, 0.2) is 5.76 Å². The molecule has 1 unspecified atom stereocenters. The maximum Gasteiger partial charge on any atom is 0.290 e. The zero-order valence-corrected chi connectivity index (χ0v) is 12.1. The van der Waals surface area contributed by atoms with Crippen molar-refractivity contribution in [3.8, 4) is 0 Å². The third kappa shape index (κ3) is 3.38. The number of aryl methyl sites for hydroxylation is 1. The quantitative estimate of drug-likeness (QED) is 0.909. The molecule has 0 aliphatic carbocycles. The Hall–Kier alpha value is -1.29. The predicted octanol–water partition coefficient (Wildman–Crippen LogP) is 2.58. The number of furan rings is 1. The summed E-state index contributed by atoms with van der Waals surface area (Å²) in [4.78, 5) is 14.5. The minimum Gasteiger partial charge on any atom is -0.459 e. The Morgan fingerprint density at radius 3 is 2.84 bits per heavy atom. The predicted molar refractivity (Wildman–Crippen MR) is 75.3 cm³/mol. The fourth-order valence-electron chi connectivity index (χ4n) is 2.57. The lowest BCUT2D eigenvalue weighted by Crippen LogP contribution is -2.48. The van der Waals surface area contributed by atoms with E-state index in [0.29, 0.717) is 11.8 Å². The van der Waals surface area contributed by atoms with Gasteiger partial charge in [-0.25, -0.2) is 0 Å². The summed E-state index contributed by atoms with van der Waals surface area (Å²) >= 11 is 0. The third-order valence-corrected chi connectivity index (χ3v) is 3.77. The monoisotopic (exact) mass is 264 g/mol. The van der Waals surface area contributed by atoms with E-state index in [1.807, 2.05) is 17.9 Å². The van der Waals surface area contributed by atoms with E-state index in [1.54, 1.807) is 6.26 Å². The van der Waals surface area contributed by atoms with Crippen molar-refractivity contribution in [1.82, 2.24) is 10.2 Å². The number of carbonyl (C=O) groups is 1. The van der Waals surface area contributed by atoms with Gasteiger partial charge in [-0.3, -0.25) is 4.79 Å². The first-order valence-electron chi connectivity index (χ1n) is 7.18. The first kappa shape index (κ1) is 14.1. The molecule has 19 heavy (non-hydrogen) atoms. The molecule has 1 fully saturated rings. The summed E-state index contributed by atoms with van der Waals surface area (Å²) in [5.74, 6) is 0.481. The molecule has 2 rings (SSSR count). The molecule has 2 heterocycles. The summed E-state index contributed by atoms with van der Waals surface area (Å²) in [6, 6.07) is 2.43. The van der Waals surface area contributed by atoms with E-state index in [1.165, 1.54) is 12.8 Å². The van der Waals surface area contributed by atoms with Crippen LogP contribution in [0.3, 0.4) is 0 Å². The Balaban J connectivity index is 2.07. The van der Waals surface area contributed by atoms with Crippen LogP contribution in [0.1, 0.15) is 49.2 Å². The first-order chi connectivity index (χ1) is 9.09. The number of nitrogens with zero attached hydrogens (tertiary/aromatic N) is 1. The molecule has 1 saturated heterocycles. The van der Waals surface area contributed by atoms with E-state index >= 15 is 0 Å². The maximum atomic E-state index is 12.5. The summed E-state index contributed by atoms with van der Waals surface area (Å²) in [5, 5.41) is 3.49. The van der Waals surface area contributed by atoms with E-state index < -0.39 is 0 Å². The Morgan fingerprint density at radius 1 is 1.53 bits per heavy atom. The molecule has 4 nitrogen and oxygen atoms in total. The standard InChI is InChI=1S/C15H24N2O2/c1-11(2)17(10-13-6-4-5-8-16-13)15(18)14-12(3)7-9-19-14/h7,9,11,13,16H,4-6,8,10H2,1-3H3. The molecule has 0 spiro atoms. The molecule has 1 atom stereocenters. The molecule has 1 aromatic rings. The van der Waals surface area contributed by atoms with Gasteiger partial charge in [-0.05, 0) is 46.2 Å². The summed E-state index contributed by atoms with van der Waals surface area (Å²) in [6.45, 7) is 7.84. The van der Waals surface area contributed by atoms with Gasteiger partial charge in [-0.2, -0.15) is 0 Å². The topological polar surface area (TPSA) is 45.5 Å². The Morgan fingerprint density at radius 2 is 2.32 bits per heavy atom. The van der Waals surface area contributed by atoms with Gasteiger partial charge in [0.1, 0.15) is 0 Å². The van der Waals surface area contributed by atoms with E-state index in [0.717, 1.165) is 25.1 Å². The Bertz CT molecular complexity index is 420. The van der Waals surface area contributed by atoms with Crippen LogP contribution >= 0.6 is 0 Å². The second-order valence-electron chi connectivity index (χ2n) is 5.63. The SMILES string of the molecule is Cc1ccoc1C(=O)N(CC1CCCCN1)C(C)C. The minimum absolute atomic E-state index is 0.00451. The van der Waals surface area contributed by atoms with Crippen LogP contribution in [0, 0.1) is 6.92 Å². The van der Waals surface area contributed by atoms with Crippen LogP contribution in [0.2, 0.25) is 0 Å². The molecule has 106 valence electrons. The molecule has 0 saturated carbocycles. The van der Waals surface area contributed by atoms with Crippen molar-refractivity contribution < 1.29 is 9.21 Å². The van der Waals surface area contributed by atoms with Crippen molar-refractivity contribution in [1.29, 1.82) is 0 Å². The zero-order chi connectivity index (χ0) is 13.8. The van der Waals surface area contributed by atoms with Crippen molar-refractivity contribution in [2.45, 2.75) is 52.1 Å². The lowest BCUT2D eigenvalue weighted by molar-refractivity contribution is 0.0643. The summed E-state index contributed by atoms with van der Waals surface area (Å²) in [5.41, 5.74) is 0.909. The van der Waals surface area contributed by atoms with E-state index in [-0.39, 0.29) is 11.9 Å². The third-order valence-electron chi connectivity index (χ3n) is 3.77. The van der Waals surface area contributed by atoms with Gasteiger partial charge in [0.2, 0.25) is 0 Å². The fourth-order valence-corrected chi connectivity index (χ4v) is 2.57. The van der Waals surface area contributed by atoms with Gasteiger partial charge in [-0.15, -0.1) is 0 Å². The molecule has 0 aromatic carbocycles. The van der Waals surface area contributed by atoms with Gasteiger partial charge in [0.05, 0.1) is 6.26 Å².